The van der Waals surface area contributed by atoms with E-state index in [1.807, 2.05) is 0 Å². The van der Waals surface area contributed by atoms with Gasteiger partial charge in [-0.3, -0.25) is 20.2 Å². The summed E-state index contributed by atoms with van der Waals surface area (Å²) in [5.41, 5.74) is -4.43. The van der Waals surface area contributed by atoms with Crippen molar-refractivity contribution in [2.45, 2.75) is 6.18 Å². The molecule has 0 N–H and O–H groups in total. The number of hydrogen-bond acceptors (Lipinski definition) is 8. The summed E-state index contributed by atoms with van der Waals surface area (Å²) in [6, 6.07) is 0.230. The number of nitro groups is 2. The van der Waals surface area contributed by atoms with Gasteiger partial charge >= 0.3 is 17.6 Å². The highest BCUT2D eigenvalue weighted by Crippen LogP contribution is 2.50. The highest BCUT2D eigenvalue weighted by Gasteiger charge is 2.44. The molecule has 1 rings (SSSR count). The number of nitrogens with zero attached hydrogens (tertiary/aromatic N) is 3. The lowest BCUT2D eigenvalue weighted by Crippen LogP contribution is -2.32. The van der Waals surface area contributed by atoms with Crippen molar-refractivity contribution < 1.29 is 37.2 Å². The van der Waals surface area contributed by atoms with Gasteiger partial charge in [-0.05, 0) is 0 Å². The second-order valence-corrected chi connectivity index (χ2v) is 5.16. The van der Waals surface area contributed by atoms with Crippen LogP contribution in [0.5, 0.6) is 5.75 Å². The first-order valence-electron chi connectivity index (χ1n) is 7.43. The molecule has 0 heterocycles. The summed E-state index contributed by atoms with van der Waals surface area (Å²) in [6.45, 7) is -0.0885. The monoisotopic (exact) mass is 397 g/mol. The van der Waals surface area contributed by atoms with E-state index in [2.05, 4.69) is 4.74 Å². The molecular formula is C14H18F3N3O7. The third kappa shape index (κ3) is 5.17. The van der Waals surface area contributed by atoms with Crippen molar-refractivity contribution in [1.29, 1.82) is 0 Å². The van der Waals surface area contributed by atoms with E-state index in [0.29, 0.717) is 0 Å². The number of alkyl halides is 3. The van der Waals surface area contributed by atoms with Crippen molar-refractivity contribution in [2.24, 2.45) is 0 Å². The molecule has 0 aliphatic heterocycles. The minimum atomic E-state index is -5.09. The van der Waals surface area contributed by atoms with Crippen LogP contribution in [0.15, 0.2) is 6.07 Å². The fourth-order valence-electron chi connectivity index (χ4n) is 2.40. The van der Waals surface area contributed by atoms with Crippen LogP contribution in [-0.2, 0) is 15.7 Å². The largest absolute Gasteiger partial charge is 0.490 e. The molecule has 0 radical (unpaired) electrons. The van der Waals surface area contributed by atoms with Crippen molar-refractivity contribution in [1.82, 2.24) is 0 Å². The molecule has 1 aromatic carbocycles. The average molecular weight is 397 g/mol. The van der Waals surface area contributed by atoms with Gasteiger partial charge in [0.15, 0.2) is 5.69 Å². The number of benzene rings is 1. The molecule has 0 atom stereocenters. The molecule has 0 unspecified atom stereocenters. The van der Waals surface area contributed by atoms with Gasteiger partial charge in [0.2, 0.25) is 5.75 Å². The zero-order chi connectivity index (χ0) is 20.8. The fraction of sp³-hybridized carbons (Fsp3) is 0.571. The zero-order valence-corrected chi connectivity index (χ0v) is 14.7. The van der Waals surface area contributed by atoms with Gasteiger partial charge in [-0.25, -0.2) is 0 Å². The number of methoxy groups -OCH3 is 3. The Labute approximate surface area is 151 Å². The smallest absolute Gasteiger partial charge is 0.420 e. The van der Waals surface area contributed by atoms with Crippen LogP contribution in [0.25, 0.3) is 0 Å². The lowest BCUT2D eigenvalue weighted by molar-refractivity contribution is -0.393. The first-order valence-corrected chi connectivity index (χ1v) is 7.43. The molecule has 0 saturated heterocycles. The molecular weight excluding hydrogens is 379 g/mol. The molecule has 13 heteroatoms. The van der Waals surface area contributed by atoms with Crippen LogP contribution >= 0.6 is 0 Å². The number of rotatable bonds is 10. The zero-order valence-electron chi connectivity index (χ0n) is 14.7. The van der Waals surface area contributed by atoms with E-state index < -0.39 is 44.4 Å². The van der Waals surface area contributed by atoms with E-state index in [0.717, 1.165) is 12.0 Å². The van der Waals surface area contributed by atoms with Crippen LogP contribution < -0.4 is 9.64 Å². The van der Waals surface area contributed by atoms with Crippen LogP contribution in [0.4, 0.5) is 30.2 Å². The van der Waals surface area contributed by atoms with Gasteiger partial charge in [-0.15, -0.1) is 0 Å². The number of anilines is 1. The van der Waals surface area contributed by atoms with Crippen molar-refractivity contribution in [3.05, 3.63) is 31.9 Å². The number of halogens is 3. The molecule has 0 bridgehead atoms. The Kier molecular flexibility index (Phi) is 7.72. The Morgan fingerprint density at radius 1 is 1.04 bits per heavy atom. The summed E-state index contributed by atoms with van der Waals surface area (Å²) in [7, 11) is 3.50. The van der Waals surface area contributed by atoms with Gasteiger partial charge in [-0.1, -0.05) is 0 Å². The van der Waals surface area contributed by atoms with Gasteiger partial charge in [0.05, 0.1) is 30.2 Å². The fourth-order valence-corrected chi connectivity index (χ4v) is 2.40. The van der Waals surface area contributed by atoms with Crippen molar-refractivity contribution in [3.8, 4) is 5.75 Å². The quantitative estimate of drug-likeness (QED) is 0.437. The SMILES string of the molecule is COCCN(CCOC)c1c([N+](=O)[O-])cc(C(F)(F)F)c(OC)c1[N+](=O)[O-]. The van der Waals surface area contributed by atoms with E-state index >= 15 is 0 Å². The molecule has 0 aliphatic rings. The topological polar surface area (TPSA) is 117 Å². The third-order valence-electron chi connectivity index (χ3n) is 3.54. The van der Waals surface area contributed by atoms with Crippen LogP contribution in [0, 0.1) is 20.2 Å². The Bertz CT molecular complexity index is 690. The lowest BCUT2D eigenvalue weighted by atomic mass is 10.1. The van der Waals surface area contributed by atoms with Gasteiger partial charge in [0.25, 0.3) is 0 Å². The average Bonchev–Trinajstić information content (AvgIpc) is 2.59. The summed E-state index contributed by atoms with van der Waals surface area (Å²) in [5, 5.41) is 23.0. The van der Waals surface area contributed by atoms with E-state index in [9.17, 15) is 33.4 Å². The Hall–Kier alpha value is -2.67. The first kappa shape index (κ1) is 22.4. The number of ether oxygens (including phenoxy) is 3. The summed E-state index contributed by atoms with van der Waals surface area (Å²) >= 11 is 0. The van der Waals surface area contributed by atoms with Gasteiger partial charge in [0, 0.05) is 33.4 Å². The van der Waals surface area contributed by atoms with Crippen LogP contribution in [-0.4, -0.2) is 57.5 Å². The Morgan fingerprint density at radius 2 is 1.56 bits per heavy atom. The Morgan fingerprint density at radius 3 is 1.89 bits per heavy atom. The highest BCUT2D eigenvalue weighted by atomic mass is 19.4. The summed E-state index contributed by atoms with van der Waals surface area (Å²) in [4.78, 5) is 21.9. The summed E-state index contributed by atoms with van der Waals surface area (Å²) in [5.74, 6) is -1.10. The maximum absolute atomic E-state index is 13.3. The molecule has 0 aromatic heterocycles. The van der Waals surface area contributed by atoms with Crippen molar-refractivity contribution >= 4 is 17.1 Å². The van der Waals surface area contributed by atoms with E-state index in [-0.39, 0.29) is 32.4 Å². The van der Waals surface area contributed by atoms with Gasteiger partial charge in [0.1, 0.15) is 5.56 Å². The lowest BCUT2D eigenvalue weighted by Gasteiger charge is -2.25. The molecule has 152 valence electrons. The van der Waals surface area contributed by atoms with Gasteiger partial charge < -0.3 is 19.1 Å². The standard InChI is InChI=1S/C14H18F3N3O7/c1-25-6-4-18(5-7-26-2)11-10(19(21)22)8-9(14(15,16)17)13(27-3)12(11)20(23)24/h8H,4-7H2,1-3H3. The van der Waals surface area contributed by atoms with Crippen LogP contribution in [0.2, 0.25) is 0 Å². The Balaban J connectivity index is 3.87. The molecule has 10 nitrogen and oxygen atoms in total. The normalized spacial score (nSPS) is 11.3. The van der Waals surface area contributed by atoms with Crippen LogP contribution in [0.3, 0.4) is 0 Å². The van der Waals surface area contributed by atoms with Gasteiger partial charge in [-0.2, -0.15) is 13.2 Å². The molecule has 27 heavy (non-hydrogen) atoms. The number of hydrogen-bond donors (Lipinski definition) is 0. The highest BCUT2D eigenvalue weighted by molar-refractivity contribution is 5.81. The second kappa shape index (κ2) is 9.32. The second-order valence-electron chi connectivity index (χ2n) is 5.16. The molecule has 0 aliphatic carbocycles. The molecule has 0 amide bonds. The third-order valence-corrected chi connectivity index (χ3v) is 3.54. The van der Waals surface area contributed by atoms with Crippen molar-refractivity contribution in [2.75, 3.05) is 52.5 Å². The van der Waals surface area contributed by atoms with E-state index in [1.54, 1.807) is 0 Å². The molecule has 1 aromatic rings. The summed E-state index contributed by atoms with van der Waals surface area (Å²) in [6.07, 6.45) is -5.09. The predicted molar refractivity (Wildman–Crippen MR) is 87.3 cm³/mol. The molecule has 0 saturated carbocycles. The predicted octanol–water partition coefficient (Wildman–Crippen LogP) is 2.63. The maximum Gasteiger partial charge on any atom is 0.420 e. The first-order chi connectivity index (χ1) is 12.6. The maximum atomic E-state index is 13.3. The number of nitro benzene ring substituents is 2. The minimum Gasteiger partial charge on any atom is -0.490 e. The van der Waals surface area contributed by atoms with Crippen LogP contribution in [0.1, 0.15) is 5.56 Å². The van der Waals surface area contributed by atoms with E-state index in [4.69, 9.17) is 9.47 Å². The molecule has 0 fully saturated rings. The minimum absolute atomic E-state index is 0.0152. The van der Waals surface area contributed by atoms with E-state index in [1.165, 1.54) is 14.2 Å². The summed E-state index contributed by atoms with van der Waals surface area (Å²) < 4.78 is 54.2. The molecule has 0 spiro atoms. The van der Waals surface area contributed by atoms with Crippen molar-refractivity contribution in [3.63, 3.8) is 0 Å².